The molecule has 0 bridgehead atoms. The highest BCUT2D eigenvalue weighted by Gasteiger charge is 2.16. The minimum atomic E-state index is -0.355. The summed E-state index contributed by atoms with van der Waals surface area (Å²) in [5.41, 5.74) is 3.89. The molecule has 25 heavy (non-hydrogen) atoms. The molecule has 0 unspecified atom stereocenters. The van der Waals surface area contributed by atoms with Gasteiger partial charge >= 0.3 is 0 Å². The molecule has 0 spiro atoms. The highest BCUT2D eigenvalue weighted by atomic mass is 32.1. The number of nitrogens with zero attached hydrogens (tertiary/aromatic N) is 2. The van der Waals surface area contributed by atoms with Crippen LogP contribution >= 0.6 is 11.3 Å². The van der Waals surface area contributed by atoms with Crippen LogP contribution in [-0.4, -0.2) is 24.7 Å². The Balaban J connectivity index is 2.14. The second-order valence-electron chi connectivity index (χ2n) is 5.81. The van der Waals surface area contributed by atoms with Crippen LogP contribution in [0.15, 0.2) is 35.3 Å². The number of ether oxygens (including phenoxy) is 2. The van der Waals surface area contributed by atoms with Crippen LogP contribution in [0.1, 0.15) is 21.5 Å². The summed E-state index contributed by atoms with van der Waals surface area (Å²) in [5, 5.41) is 0. The molecule has 3 aromatic rings. The molecule has 0 N–H and O–H groups in total. The Kier molecular flexibility index (Phi) is 4.63. The Bertz CT molecular complexity index is 1030. The fourth-order valence-electron chi connectivity index (χ4n) is 2.69. The Hall–Kier alpha value is -2.60. The lowest BCUT2D eigenvalue weighted by molar-refractivity contribution is 0.0994. The number of carbonyl (C=O) groups excluding carboxylic acids is 1. The minimum absolute atomic E-state index is 0.355. The fourth-order valence-corrected chi connectivity index (χ4v) is 3.79. The van der Waals surface area contributed by atoms with Crippen LogP contribution in [0.4, 0.5) is 0 Å². The molecule has 1 amide bonds. The van der Waals surface area contributed by atoms with Gasteiger partial charge in [-0.25, -0.2) is 0 Å². The van der Waals surface area contributed by atoms with Crippen molar-refractivity contribution in [2.24, 2.45) is 12.0 Å². The number of amides is 1. The maximum absolute atomic E-state index is 12.7. The maximum atomic E-state index is 12.7. The number of aryl methyl sites for hydroxylation is 3. The molecule has 130 valence electrons. The molecule has 0 fully saturated rings. The zero-order chi connectivity index (χ0) is 18.1. The highest BCUT2D eigenvalue weighted by Crippen LogP contribution is 2.31. The standard InChI is InChI=1S/C19H20N2O3S/c1-11-9-14-16(10-12(11)2)25-19(21(14)3)20-18(22)13-7-6-8-15(23-4)17(13)24-5/h6-10H,1-5H3. The first kappa shape index (κ1) is 17.2. The Morgan fingerprint density at radius 3 is 2.52 bits per heavy atom. The Labute approximate surface area is 150 Å². The second-order valence-corrected chi connectivity index (χ2v) is 6.81. The predicted molar refractivity (Wildman–Crippen MR) is 99.7 cm³/mol. The minimum Gasteiger partial charge on any atom is -0.493 e. The number of thiazole rings is 1. The van der Waals surface area contributed by atoms with E-state index in [9.17, 15) is 4.79 Å². The van der Waals surface area contributed by atoms with E-state index < -0.39 is 0 Å². The van der Waals surface area contributed by atoms with Gasteiger partial charge in [0.2, 0.25) is 0 Å². The van der Waals surface area contributed by atoms with E-state index in [1.54, 1.807) is 25.3 Å². The largest absolute Gasteiger partial charge is 0.493 e. The second kappa shape index (κ2) is 6.72. The molecule has 0 saturated carbocycles. The summed E-state index contributed by atoms with van der Waals surface area (Å²) in [6.07, 6.45) is 0. The van der Waals surface area contributed by atoms with Gasteiger partial charge in [0.15, 0.2) is 16.3 Å². The number of rotatable bonds is 3. The molecule has 0 radical (unpaired) electrons. The fraction of sp³-hybridized carbons (Fsp3) is 0.263. The van der Waals surface area contributed by atoms with Gasteiger partial charge in [-0.15, -0.1) is 0 Å². The van der Waals surface area contributed by atoms with Gasteiger partial charge in [0.25, 0.3) is 5.91 Å². The summed E-state index contributed by atoms with van der Waals surface area (Å²) in [5.74, 6) is 0.552. The molecule has 6 heteroatoms. The number of benzene rings is 2. The monoisotopic (exact) mass is 356 g/mol. The van der Waals surface area contributed by atoms with Crippen molar-refractivity contribution in [3.8, 4) is 11.5 Å². The molecule has 2 aromatic carbocycles. The molecule has 0 atom stereocenters. The van der Waals surface area contributed by atoms with Crippen LogP contribution in [0.2, 0.25) is 0 Å². The molecular formula is C19H20N2O3S. The third-order valence-electron chi connectivity index (χ3n) is 4.26. The third kappa shape index (κ3) is 3.05. The predicted octanol–water partition coefficient (Wildman–Crippen LogP) is 3.61. The van der Waals surface area contributed by atoms with Gasteiger partial charge in [0.05, 0.1) is 30.0 Å². The van der Waals surface area contributed by atoms with Crippen molar-refractivity contribution in [2.45, 2.75) is 13.8 Å². The van der Waals surface area contributed by atoms with E-state index in [2.05, 4.69) is 31.0 Å². The Morgan fingerprint density at radius 2 is 1.84 bits per heavy atom. The topological polar surface area (TPSA) is 52.8 Å². The zero-order valence-electron chi connectivity index (χ0n) is 14.9. The van der Waals surface area contributed by atoms with E-state index in [4.69, 9.17) is 9.47 Å². The lowest BCUT2D eigenvalue weighted by Gasteiger charge is -2.09. The normalized spacial score (nSPS) is 11.8. The SMILES string of the molecule is COc1cccc(C(=O)N=c2sc3cc(C)c(C)cc3n2C)c1OC. The van der Waals surface area contributed by atoms with Crippen molar-refractivity contribution in [3.63, 3.8) is 0 Å². The smallest absolute Gasteiger partial charge is 0.283 e. The van der Waals surface area contributed by atoms with E-state index in [1.165, 1.54) is 29.6 Å². The van der Waals surface area contributed by atoms with Gasteiger partial charge in [0, 0.05) is 7.05 Å². The lowest BCUT2D eigenvalue weighted by atomic mass is 10.1. The van der Waals surface area contributed by atoms with Crippen LogP contribution in [-0.2, 0) is 7.05 Å². The number of para-hydroxylation sites is 1. The molecule has 0 aliphatic carbocycles. The van der Waals surface area contributed by atoms with Gasteiger partial charge in [-0.2, -0.15) is 4.99 Å². The van der Waals surface area contributed by atoms with E-state index in [0.717, 1.165) is 10.2 Å². The van der Waals surface area contributed by atoms with Crippen LogP contribution < -0.4 is 14.3 Å². The number of methoxy groups -OCH3 is 2. The first-order valence-electron chi connectivity index (χ1n) is 7.83. The average molecular weight is 356 g/mol. The average Bonchev–Trinajstić information content (AvgIpc) is 2.89. The first-order chi connectivity index (χ1) is 12.0. The van der Waals surface area contributed by atoms with Gasteiger partial charge in [0.1, 0.15) is 0 Å². The number of carbonyl (C=O) groups is 1. The van der Waals surface area contributed by atoms with Crippen LogP contribution in [0.3, 0.4) is 0 Å². The molecule has 0 aliphatic heterocycles. The van der Waals surface area contributed by atoms with E-state index in [0.29, 0.717) is 21.9 Å². The van der Waals surface area contributed by atoms with Crippen LogP contribution in [0.25, 0.3) is 10.2 Å². The summed E-state index contributed by atoms with van der Waals surface area (Å²) in [4.78, 5) is 17.7. The maximum Gasteiger partial charge on any atom is 0.283 e. The van der Waals surface area contributed by atoms with Crippen molar-refractivity contribution in [3.05, 3.63) is 51.8 Å². The first-order valence-corrected chi connectivity index (χ1v) is 8.64. The molecule has 1 heterocycles. The quantitative estimate of drug-likeness (QED) is 0.720. The summed E-state index contributed by atoms with van der Waals surface area (Å²) in [6.45, 7) is 4.16. The lowest BCUT2D eigenvalue weighted by Crippen LogP contribution is -2.14. The van der Waals surface area contributed by atoms with Crippen LogP contribution in [0, 0.1) is 13.8 Å². The molecule has 0 aliphatic rings. The van der Waals surface area contributed by atoms with Crippen molar-refractivity contribution in [2.75, 3.05) is 14.2 Å². The Morgan fingerprint density at radius 1 is 1.12 bits per heavy atom. The summed E-state index contributed by atoms with van der Waals surface area (Å²) < 4.78 is 13.6. The molecule has 1 aromatic heterocycles. The van der Waals surface area contributed by atoms with Crippen molar-refractivity contribution >= 4 is 27.5 Å². The van der Waals surface area contributed by atoms with E-state index in [-0.39, 0.29) is 5.91 Å². The molecular weight excluding hydrogens is 336 g/mol. The van der Waals surface area contributed by atoms with Gasteiger partial charge in [-0.1, -0.05) is 17.4 Å². The number of fused-ring (bicyclic) bond motifs is 1. The molecule has 3 rings (SSSR count). The van der Waals surface area contributed by atoms with E-state index in [1.807, 2.05) is 11.6 Å². The van der Waals surface area contributed by atoms with Gasteiger partial charge in [-0.05, 0) is 49.2 Å². The zero-order valence-corrected chi connectivity index (χ0v) is 15.7. The molecule has 5 nitrogen and oxygen atoms in total. The molecule has 0 saturated heterocycles. The van der Waals surface area contributed by atoms with Crippen LogP contribution in [0.5, 0.6) is 11.5 Å². The third-order valence-corrected chi connectivity index (χ3v) is 5.35. The van der Waals surface area contributed by atoms with Crippen molar-refractivity contribution in [1.82, 2.24) is 4.57 Å². The van der Waals surface area contributed by atoms with Gasteiger partial charge < -0.3 is 14.0 Å². The number of hydrogen-bond acceptors (Lipinski definition) is 4. The van der Waals surface area contributed by atoms with Crippen molar-refractivity contribution in [1.29, 1.82) is 0 Å². The summed E-state index contributed by atoms with van der Waals surface area (Å²) in [6, 6.07) is 9.44. The summed E-state index contributed by atoms with van der Waals surface area (Å²) >= 11 is 1.50. The number of aromatic nitrogens is 1. The summed E-state index contributed by atoms with van der Waals surface area (Å²) in [7, 11) is 4.97. The number of hydrogen-bond donors (Lipinski definition) is 0. The van der Waals surface area contributed by atoms with E-state index >= 15 is 0 Å². The highest BCUT2D eigenvalue weighted by molar-refractivity contribution is 7.16. The van der Waals surface area contributed by atoms with Crippen molar-refractivity contribution < 1.29 is 14.3 Å². The van der Waals surface area contributed by atoms with Gasteiger partial charge in [-0.3, -0.25) is 4.79 Å².